The Balaban J connectivity index is 2.53. The van der Waals surface area contributed by atoms with E-state index in [-0.39, 0.29) is 5.69 Å². The molecule has 0 aliphatic carbocycles. The topological polar surface area (TPSA) is 103 Å². The van der Waals surface area contributed by atoms with E-state index in [2.05, 4.69) is 10.3 Å². The SMILES string of the molecule is CCOc1ccc(-c2c(C(=O)O)nnn2CC)cc1N. The van der Waals surface area contributed by atoms with Crippen molar-refractivity contribution in [2.24, 2.45) is 0 Å². The van der Waals surface area contributed by atoms with E-state index in [0.29, 0.717) is 35.8 Å². The normalized spacial score (nSPS) is 10.5. The fourth-order valence-corrected chi connectivity index (χ4v) is 1.95. The summed E-state index contributed by atoms with van der Waals surface area (Å²) in [6.45, 7) is 4.76. The number of rotatable bonds is 5. The number of nitrogens with zero attached hydrogens (tertiary/aromatic N) is 3. The van der Waals surface area contributed by atoms with E-state index < -0.39 is 5.97 Å². The average molecular weight is 276 g/mol. The lowest BCUT2D eigenvalue weighted by atomic mass is 10.1. The Hall–Kier alpha value is -2.57. The van der Waals surface area contributed by atoms with Crippen LogP contribution in [0.1, 0.15) is 24.3 Å². The summed E-state index contributed by atoms with van der Waals surface area (Å²) in [5.41, 5.74) is 7.36. The smallest absolute Gasteiger partial charge is 0.358 e. The number of benzene rings is 1. The summed E-state index contributed by atoms with van der Waals surface area (Å²) in [7, 11) is 0. The Kier molecular flexibility index (Phi) is 3.88. The largest absolute Gasteiger partial charge is 0.492 e. The molecule has 0 spiro atoms. The number of carbonyl (C=O) groups is 1. The number of ether oxygens (including phenoxy) is 1. The molecule has 0 aliphatic rings. The second kappa shape index (κ2) is 5.60. The fourth-order valence-electron chi connectivity index (χ4n) is 1.95. The number of nitrogen functional groups attached to an aromatic ring is 1. The Morgan fingerprint density at radius 2 is 2.20 bits per heavy atom. The molecule has 0 saturated heterocycles. The van der Waals surface area contributed by atoms with Crippen molar-refractivity contribution >= 4 is 11.7 Å². The quantitative estimate of drug-likeness (QED) is 0.805. The van der Waals surface area contributed by atoms with Gasteiger partial charge in [0.15, 0.2) is 5.69 Å². The summed E-state index contributed by atoms with van der Waals surface area (Å²) in [6.07, 6.45) is 0. The van der Waals surface area contributed by atoms with E-state index in [1.165, 1.54) is 4.68 Å². The second-order valence-corrected chi connectivity index (χ2v) is 4.09. The van der Waals surface area contributed by atoms with E-state index in [0.717, 1.165) is 0 Å². The summed E-state index contributed by atoms with van der Waals surface area (Å²) < 4.78 is 6.89. The monoisotopic (exact) mass is 276 g/mol. The van der Waals surface area contributed by atoms with Crippen LogP contribution < -0.4 is 10.5 Å². The molecule has 2 rings (SSSR count). The predicted molar refractivity (Wildman–Crippen MR) is 73.7 cm³/mol. The maximum Gasteiger partial charge on any atom is 0.358 e. The number of hydrogen-bond donors (Lipinski definition) is 2. The maximum absolute atomic E-state index is 11.2. The van der Waals surface area contributed by atoms with Crippen LogP contribution in [-0.4, -0.2) is 32.7 Å². The van der Waals surface area contributed by atoms with Crippen molar-refractivity contribution in [2.75, 3.05) is 12.3 Å². The highest BCUT2D eigenvalue weighted by Crippen LogP contribution is 2.30. The molecule has 1 heterocycles. The Labute approximate surface area is 116 Å². The first-order valence-electron chi connectivity index (χ1n) is 6.27. The molecule has 0 amide bonds. The highest BCUT2D eigenvalue weighted by atomic mass is 16.5. The molecule has 20 heavy (non-hydrogen) atoms. The molecule has 0 fully saturated rings. The second-order valence-electron chi connectivity index (χ2n) is 4.09. The zero-order valence-corrected chi connectivity index (χ0v) is 11.3. The molecule has 0 aliphatic heterocycles. The first-order valence-corrected chi connectivity index (χ1v) is 6.27. The molecule has 0 atom stereocenters. The van der Waals surface area contributed by atoms with Gasteiger partial charge in [-0.25, -0.2) is 9.48 Å². The maximum atomic E-state index is 11.2. The van der Waals surface area contributed by atoms with Gasteiger partial charge in [0.1, 0.15) is 11.4 Å². The Morgan fingerprint density at radius 3 is 2.75 bits per heavy atom. The van der Waals surface area contributed by atoms with Gasteiger partial charge >= 0.3 is 5.97 Å². The molecule has 1 aromatic heterocycles. The zero-order chi connectivity index (χ0) is 14.7. The van der Waals surface area contributed by atoms with Gasteiger partial charge in [-0.05, 0) is 32.0 Å². The molecule has 0 saturated carbocycles. The number of anilines is 1. The summed E-state index contributed by atoms with van der Waals surface area (Å²) in [5, 5.41) is 16.7. The van der Waals surface area contributed by atoms with Gasteiger partial charge in [0.25, 0.3) is 0 Å². The molecule has 0 radical (unpaired) electrons. The molecule has 0 unspecified atom stereocenters. The number of aromatic carboxylic acids is 1. The van der Waals surface area contributed by atoms with Crippen LogP contribution in [0.5, 0.6) is 5.75 Å². The van der Waals surface area contributed by atoms with Gasteiger partial charge in [-0.3, -0.25) is 0 Å². The van der Waals surface area contributed by atoms with E-state index in [4.69, 9.17) is 10.5 Å². The van der Waals surface area contributed by atoms with E-state index in [1.54, 1.807) is 18.2 Å². The summed E-state index contributed by atoms with van der Waals surface area (Å²) >= 11 is 0. The zero-order valence-electron chi connectivity index (χ0n) is 11.3. The molecule has 1 aromatic carbocycles. The lowest BCUT2D eigenvalue weighted by molar-refractivity contribution is 0.0691. The number of aryl methyl sites for hydroxylation is 1. The third kappa shape index (κ3) is 2.42. The Bertz CT molecular complexity index is 637. The van der Waals surface area contributed by atoms with Crippen LogP contribution in [0.25, 0.3) is 11.3 Å². The lowest BCUT2D eigenvalue weighted by Gasteiger charge is -2.10. The molecule has 0 bridgehead atoms. The third-order valence-corrected chi connectivity index (χ3v) is 2.82. The number of carboxylic acid groups (broad SMARTS) is 1. The minimum absolute atomic E-state index is 0.0876. The molecule has 2 aromatic rings. The molecule has 7 heteroatoms. The molecule has 7 nitrogen and oxygen atoms in total. The van der Waals surface area contributed by atoms with Crippen LogP contribution in [0.15, 0.2) is 18.2 Å². The number of aromatic nitrogens is 3. The highest BCUT2D eigenvalue weighted by Gasteiger charge is 2.20. The van der Waals surface area contributed by atoms with E-state index in [9.17, 15) is 9.90 Å². The van der Waals surface area contributed by atoms with Crippen molar-refractivity contribution in [3.05, 3.63) is 23.9 Å². The first kappa shape index (κ1) is 13.9. The summed E-state index contributed by atoms with van der Waals surface area (Å²) in [4.78, 5) is 11.2. The number of hydrogen-bond acceptors (Lipinski definition) is 5. The van der Waals surface area contributed by atoms with Crippen molar-refractivity contribution in [3.63, 3.8) is 0 Å². The minimum Gasteiger partial charge on any atom is -0.492 e. The van der Waals surface area contributed by atoms with Crippen LogP contribution >= 0.6 is 0 Å². The lowest BCUT2D eigenvalue weighted by Crippen LogP contribution is -2.04. The summed E-state index contributed by atoms with van der Waals surface area (Å²) in [5.74, 6) is -0.546. The summed E-state index contributed by atoms with van der Waals surface area (Å²) in [6, 6.07) is 5.13. The molecule has 106 valence electrons. The number of nitrogens with two attached hydrogens (primary N) is 1. The van der Waals surface area contributed by atoms with Gasteiger partial charge in [-0.1, -0.05) is 5.21 Å². The predicted octanol–water partition coefficient (Wildman–Crippen LogP) is 1.64. The van der Waals surface area contributed by atoms with Gasteiger partial charge in [0.2, 0.25) is 0 Å². The van der Waals surface area contributed by atoms with Crippen LogP contribution in [0, 0.1) is 0 Å². The van der Waals surface area contributed by atoms with Gasteiger partial charge in [-0.15, -0.1) is 5.10 Å². The van der Waals surface area contributed by atoms with Gasteiger partial charge in [0.05, 0.1) is 12.3 Å². The van der Waals surface area contributed by atoms with Crippen LogP contribution in [0.2, 0.25) is 0 Å². The van der Waals surface area contributed by atoms with Gasteiger partial charge < -0.3 is 15.6 Å². The van der Waals surface area contributed by atoms with Crippen molar-refractivity contribution < 1.29 is 14.6 Å². The van der Waals surface area contributed by atoms with E-state index in [1.807, 2.05) is 13.8 Å². The molecular formula is C13H16N4O3. The average Bonchev–Trinajstić information content (AvgIpc) is 2.85. The highest BCUT2D eigenvalue weighted by molar-refractivity contribution is 5.93. The Morgan fingerprint density at radius 1 is 1.45 bits per heavy atom. The number of carboxylic acids is 1. The minimum atomic E-state index is -1.12. The molecular weight excluding hydrogens is 260 g/mol. The van der Waals surface area contributed by atoms with Crippen LogP contribution in [0.4, 0.5) is 5.69 Å². The standard InChI is InChI=1S/C13H16N4O3/c1-3-17-12(11(13(18)19)15-16-17)8-5-6-10(20-4-2)9(14)7-8/h5-7H,3-4,14H2,1-2H3,(H,18,19). The van der Waals surface area contributed by atoms with Crippen LogP contribution in [-0.2, 0) is 6.54 Å². The van der Waals surface area contributed by atoms with Crippen molar-refractivity contribution in [2.45, 2.75) is 20.4 Å². The van der Waals surface area contributed by atoms with Crippen molar-refractivity contribution in [1.29, 1.82) is 0 Å². The van der Waals surface area contributed by atoms with Crippen LogP contribution in [0.3, 0.4) is 0 Å². The fraction of sp³-hybridized carbons (Fsp3) is 0.308. The molecule has 3 N–H and O–H groups in total. The third-order valence-electron chi connectivity index (χ3n) is 2.82. The van der Waals surface area contributed by atoms with Gasteiger partial charge in [0, 0.05) is 12.1 Å². The van der Waals surface area contributed by atoms with E-state index >= 15 is 0 Å². The first-order chi connectivity index (χ1) is 9.58. The van der Waals surface area contributed by atoms with Crippen molar-refractivity contribution in [1.82, 2.24) is 15.0 Å². The van der Waals surface area contributed by atoms with Gasteiger partial charge in [-0.2, -0.15) is 0 Å². The van der Waals surface area contributed by atoms with Crippen molar-refractivity contribution in [3.8, 4) is 17.0 Å².